The van der Waals surface area contributed by atoms with Crippen LogP contribution < -0.4 is 5.32 Å². The van der Waals surface area contributed by atoms with E-state index in [1.165, 1.54) is 48.2 Å². The molecule has 0 atom stereocenters. The Morgan fingerprint density at radius 3 is 2.32 bits per heavy atom. The van der Waals surface area contributed by atoms with Gasteiger partial charge in [-0.1, -0.05) is 54.6 Å². The van der Waals surface area contributed by atoms with Crippen molar-refractivity contribution in [2.45, 2.75) is 31.6 Å². The fourth-order valence-electron chi connectivity index (χ4n) is 5.59. The summed E-state index contributed by atoms with van der Waals surface area (Å²) in [6.07, 6.45) is 11.5. The normalized spacial score (nSPS) is 16.5. The largest absolute Gasteiger partial charge is 0.353 e. The molecule has 3 aromatic rings. The van der Waals surface area contributed by atoms with E-state index in [4.69, 9.17) is 0 Å². The van der Waals surface area contributed by atoms with Crippen LogP contribution >= 0.6 is 0 Å². The summed E-state index contributed by atoms with van der Waals surface area (Å²) in [7, 11) is 0. The van der Waals surface area contributed by atoms with E-state index in [-0.39, 0.29) is 5.91 Å². The maximum atomic E-state index is 12.0. The number of carbonyl (C=O) groups excluding carboxylic acids is 1. The first-order valence-corrected chi connectivity index (χ1v) is 12.6. The van der Waals surface area contributed by atoms with Crippen LogP contribution in [0.25, 0.3) is 17.2 Å². The fourth-order valence-corrected chi connectivity index (χ4v) is 5.59. The number of likely N-dealkylation sites (tertiary alicyclic amines) is 1. The Balaban J connectivity index is 1.05. The highest BCUT2D eigenvalue weighted by molar-refractivity contribution is 5.91. The Morgan fingerprint density at radius 2 is 1.65 bits per heavy atom. The molecule has 2 aliphatic rings. The van der Waals surface area contributed by atoms with Crippen LogP contribution in [0.5, 0.6) is 0 Å². The molecule has 1 aromatic heterocycles. The molecular weight excluding hydrogens is 418 g/mol. The quantitative estimate of drug-likeness (QED) is 0.363. The van der Waals surface area contributed by atoms with Crippen LogP contribution in [0.3, 0.4) is 0 Å². The van der Waals surface area contributed by atoms with Gasteiger partial charge in [-0.05, 0) is 91.2 Å². The number of carbonyl (C=O) groups is 1. The number of pyridine rings is 1. The number of rotatable bonds is 8. The third-order valence-corrected chi connectivity index (χ3v) is 7.30. The Morgan fingerprint density at radius 1 is 0.941 bits per heavy atom. The molecule has 2 heterocycles. The number of fused-ring (bicyclic) bond motifs is 3. The van der Waals surface area contributed by atoms with Gasteiger partial charge < -0.3 is 10.2 Å². The van der Waals surface area contributed by atoms with Gasteiger partial charge in [-0.3, -0.25) is 9.78 Å². The van der Waals surface area contributed by atoms with Crippen molar-refractivity contribution >= 4 is 12.0 Å². The predicted octanol–water partition coefficient (Wildman–Crippen LogP) is 5.52. The summed E-state index contributed by atoms with van der Waals surface area (Å²) in [5, 5.41) is 2.99. The SMILES string of the molecule is O=C(/C=C\c1cccnc1)NCCCCN1CCC(C2c3ccccc3-c3ccccc32)CC1. The topological polar surface area (TPSA) is 45.2 Å². The van der Waals surface area contributed by atoms with Crippen LogP contribution in [0.2, 0.25) is 0 Å². The minimum atomic E-state index is -0.0400. The molecule has 1 aliphatic heterocycles. The second kappa shape index (κ2) is 10.8. The Labute approximate surface area is 202 Å². The third-order valence-electron chi connectivity index (χ3n) is 7.30. The average molecular weight is 452 g/mol. The number of nitrogens with zero attached hydrogens (tertiary/aromatic N) is 2. The standard InChI is InChI=1S/C30H33N3O/c34-29(14-13-23-8-7-17-31-22-23)32-18-5-6-19-33-20-15-24(16-21-33)30-27-11-3-1-9-25(27)26-10-2-4-12-28(26)30/h1-4,7-14,17,22,24,30H,5-6,15-16,18-21H2,(H,32,34)/b14-13-. The van der Waals surface area contributed by atoms with Crippen molar-refractivity contribution in [2.75, 3.05) is 26.2 Å². The predicted molar refractivity (Wildman–Crippen MR) is 138 cm³/mol. The van der Waals surface area contributed by atoms with Gasteiger partial charge in [-0.2, -0.15) is 0 Å². The summed E-state index contributed by atoms with van der Waals surface area (Å²) in [6.45, 7) is 4.19. The molecule has 1 aliphatic carbocycles. The van der Waals surface area contributed by atoms with E-state index in [1.54, 1.807) is 24.5 Å². The number of aromatic nitrogens is 1. The summed E-state index contributed by atoms with van der Waals surface area (Å²) < 4.78 is 0. The van der Waals surface area contributed by atoms with Crippen molar-refractivity contribution < 1.29 is 4.79 Å². The van der Waals surface area contributed by atoms with Gasteiger partial charge in [0.05, 0.1) is 0 Å². The zero-order valence-corrected chi connectivity index (χ0v) is 19.7. The van der Waals surface area contributed by atoms with Gasteiger partial charge in [-0.25, -0.2) is 0 Å². The average Bonchev–Trinajstić information content (AvgIpc) is 3.23. The van der Waals surface area contributed by atoms with Crippen LogP contribution in [0, 0.1) is 5.92 Å². The summed E-state index contributed by atoms with van der Waals surface area (Å²) in [5.41, 5.74) is 6.85. The molecule has 0 bridgehead atoms. The minimum Gasteiger partial charge on any atom is -0.353 e. The third kappa shape index (κ3) is 5.13. The first-order chi connectivity index (χ1) is 16.8. The lowest BCUT2D eigenvalue weighted by atomic mass is 9.78. The summed E-state index contributed by atoms with van der Waals surface area (Å²) in [5.74, 6) is 1.22. The van der Waals surface area contributed by atoms with Crippen LogP contribution in [0.4, 0.5) is 0 Å². The smallest absolute Gasteiger partial charge is 0.243 e. The Bertz CT molecular complexity index is 1090. The molecule has 174 valence electrons. The molecule has 0 radical (unpaired) electrons. The first-order valence-electron chi connectivity index (χ1n) is 12.6. The number of nitrogens with one attached hydrogen (secondary N) is 1. The Hall–Kier alpha value is -3.24. The van der Waals surface area contributed by atoms with Crippen LogP contribution in [-0.2, 0) is 4.79 Å². The van der Waals surface area contributed by atoms with E-state index in [9.17, 15) is 4.79 Å². The lowest BCUT2D eigenvalue weighted by molar-refractivity contribution is -0.116. The van der Waals surface area contributed by atoms with E-state index in [2.05, 4.69) is 63.7 Å². The second-order valence-electron chi connectivity index (χ2n) is 9.45. The number of hydrogen-bond acceptors (Lipinski definition) is 3. The van der Waals surface area contributed by atoms with E-state index < -0.39 is 0 Å². The Kier molecular flexibility index (Phi) is 7.16. The molecule has 4 nitrogen and oxygen atoms in total. The lowest BCUT2D eigenvalue weighted by Gasteiger charge is -2.35. The summed E-state index contributed by atoms with van der Waals surface area (Å²) in [6, 6.07) is 21.8. The van der Waals surface area contributed by atoms with Crippen molar-refractivity contribution in [3.8, 4) is 11.1 Å². The summed E-state index contributed by atoms with van der Waals surface area (Å²) >= 11 is 0. The van der Waals surface area contributed by atoms with Gasteiger partial charge >= 0.3 is 0 Å². The van der Waals surface area contributed by atoms with Gasteiger partial charge in [0.2, 0.25) is 5.91 Å². The maximum absolute atomic E-state index is 12.0. The molecule has 1 saturated heterocycles. The van der Waals surface area contributed by atoms with E-state index in [0.29, 0.717) is 11.8 Å². The zero-order valence-electron chi connectivity index (χ0n) is 19.7. The van der Waals surface area contributed by atoms with Crippen LogP contribution in [0.1, 0.15) is 48.3 Å². The highest BCUT2D eigenvalue weighted by Crippen LogP contribution is 2.50. The highest BCUT2D eigenvalue weighted by Gasteiger charge is 2.35. The van der Waals surface area contributed by atoms with Crippen molar-refractivity contribution in [3.63, 3.8) is 0 Å². The summed E-state index contributed by atoms with van der Waals surface area (Å²) in [4.78, 5) is 18.6. The fraction of sp³-hybridized carbons (Fsp3) is 0.333. The monoisotopic (exact) mass is 451 g/mol. The molecular formula is C30H33N3O. The molecule has 0 saturated carbocycles. The van der Waals surface area contributed by atoms with Crippen molar-refractivity contribution in [1.82, 2.24) is 15.2 Å². The van der Waals surface area contributed by atoms with Gasteiger partial charge in [-0.15, -0.1) is 0 Å². The number of benzene rings is 2. The lowest BCUT2D eigenvalue weighted by Crippen LogP contribution is -2.36. The first kappa shape index (κ1) is 22.5. The molecule has 1 N–H and O–H groups in total. The minimum absolute atomic E-state index is 0.0400. The molecule has 2 aromatic carbocycles. The van der Waals surface area contributed by atoms with Crippen molar-refractivity contribution in [3.05, 3.63) is 95.8 Å². The van der Waals surface area contributed by atoms with Crippen molar-refractivity contribution in [1.29, 1.82) is 0 Å². The number of hydrogen-bond donors (Lipinski definition) is 1. The van der Waals surface area contributed by atoms with Gasteiger partial charge in [0.25, 0.3) is 0 Å². The van der Waals surface area contributed by atoms with Gasteiger partial charge in [0.1, 0.15) is 0 Å². The molecule has 5 rings (SSSR count). The molecule has 1 fully saturated rings. The van der Waals surface area contributed by atoms with E-state index in [1.807, 2.05) is 12.1 Å². The number of unbranched alkanes of at least 4 members (excludes halogenated alkanes) is 1. The maximum Gasteiger partial charge on any atom is 0.243 e. The van der Waals surface area contributed by atoms with Crippen LogP contribution in [0.15, 0.2) is 79.1 Å². The van der Waals surface area contributed by atoms with E-state index >= 15 is 0 Å². The van der Waals surface area contributed by atoms with Crippen molar-refractivity contribution in [2.24, 2.45) is 5.92 Å². The van der Waals surface area contributed by atoms with E-state index in [0.717, 1.165) is 31.5 Å². The highest BCUT2D eigenvalue weighted by atomic mass is 16.1. The molecule has 4 heteroatoms. The zero-order chi connectivity index (χ0) is 23.2. The molecule has 0 unspecified atom stereocenters. The molecule has 34 heavy (non-hydrogen) atoms. The number of piperidine rings is 1. The number of amides is 1. The second-order valence-corrected chi connectivity index (χ2v) is 9.45. The van der Waals surface area contributed by atoms with Crippen LogP contribution in [-0.4, -0.2) is 42.0 Å². The van der Waals surface area contributed by atoms with Gasteiger partial charge in [0.15, 0.2) is 0 Å². The van der Waals surface area contributed by atoms with Gasteiger partial charge in [0, 0.05) is 30.9 Å². The molecule has 0 spiro atoms. The molecule has 1 amide bonds.